The van der Waals surface area contributed by atoms with Crippen LogP contribution in [0.2, 0.25) is 0 Å². The van der Waals surface area contributed by atoms with Gasteiger partial charge in [-0.2, -0.15) is 0 Å². The molecule has 0 radical (unpaired) electrons. The minimum absolute atomic E-state index is 0.917. The lowest BCUT2D eigenvalue weighted by atomic mass is 10.1. The van der Waals surface area contributed by atoms with Crippen LogP contribution in [0.4, 0.5) is 0 Å². The van der Waals surface area contributed by atoms with Gasteiger partial charge >= 0.3 is 0 Å². The van der Waals surface area contributed by atoms with Gasteiger partial charge in [-0.1, -0.05) is 29.3 Å². The van der Waals surface area contributed by atoms with Crippen molar-refractivity contribution in [2.24, 2.45) is 5.92 Å². The second-order valence-corrected chi connectivity index (χ2v) is 5.19. The zero-order chi connectivity index (χ0) is 10.9. The van der Waals surface area contributed by atoms with Crippen molar-refractivity contribution in [2.45, 2.75) is 32.6 Å². The molecule has 2 nitrogen and oxygen atoms in total. The highest BCUT2D eigenvalue weighted by atomic mass is 79.9. The van der Waals surface area contributed by atoms with Crippen molar-refractivity contribution < 1.29 is 4.74 Å². The van der Waals surface area contributed by atoms with Gasteiger partial charge in [-0.15, -0.1) is 0 Å². The Labute approximate surface area is 102 Å². The number of hydrogen-bond acceptors (Lipinski definition) is 2. The van der Waals surface area contributed by atoms with Gasteiger partial charge < -0.3 is 9.64 Å². The zero-order valence-electron chi connectivity index (χ0n) is 9.88. The molecule has 0 spiro atoms. The third-order valence-electron chi connectivity index (χ3n) is 3.08. The molecule has 0 aliphatic carbocycles. The van der Waals surface area contributed by atoms with Crippen LogP contribution >= 0.6 is 15.9 Å². The molecule has 1 heterocycles. The number of rotatable bonds is 8. The van der Waals surface area contributed by atoms with Gasteiger partial charge in [-0.05, 0) is 31.7 Å². The molecule has 0 bridgehead atoms. The monoisotopic (exact) mass is 277 g/mol. The van der Waals surface area contributed by atoms with E-state index in [2.05, 4.69) is 27.8 Å². The molecule has 0 aromatic rings. The quantitative estimate of drug-likeness (QED) is 0.500. The van der Waals surface area contributed by atoms with Gasteiger partial charge in [0.05, 0.1) is 6.61 Å². The molecule has 1 saturated heterocycles. The van der Waals surface area contributed by atoms with Gasteiger partial charge in [0.15, 0.2) is 0 Å². The van der Waals surface area contributed by atoms with Crippen LogP contribution in [0.5, 0.6) is 0 Å². The van der Waals surface area contributed by atoms with Crippen LogP contribution in [0.25, 0.3) is 0 Å². The molecular weight excluding hydrogens is 254 g/mol. The lowest BCUT2D eigenvalue weighted by molar-refractivity contribution is 0.108. The molecule has 0 aromatic heterocycles. The Hall–Kier alpha value is 0.400. The van der Waals surface area contributed by atoms with Gasteiger partial charge in [0.2, 0.25) is 0 Å². The number of hydrogen-bond donors (Lipinski definition) is 0. The van der Waals surface area contributed by atoms with Crippen LogP contribution in [-0.2, 0) is 4.74 Å². The van der Waals surface area contributed by atoms with Crippen molar-refractivity contribution in [2.75, 3.05) is 38.2 Å². The van der Waals surface area contributed by atoms with Crippen LogP contribution in [-0.4, -0.2) is 43.1 Å². The van der Waals surface area contributed by atoms with E-state index in [1.165, 1.54) is 38.8 Å². The lowest BCUT2D eigenvalue weighted by Gasteiger charge is -2.15. The predicted molar refractivity (Wildman–Crippen MR) is 68.7 cm³/mol. The van der Waals surface area contributed by atoms with E-state index in [0.29, 0.717) is 0 Å². The average Bonchev–Trinajstić information content (AvgIpc) is 2.66. The molecule has 1 unspecified atom stereocenters. The Morgan fingerprint density at radius 2 is 2.27 bits per heavy atom. The molecule has 1 rings (SSSR count). The fourth-order valence-electron chi connectivity index (χ4n) is 2.05. The Balaban J connectivity index is 1.94. The highest BCUT2D eigenvalue weighted by Gasteiger charge is 2.20. The Bertz CT molecular complexity index is 155. The summed E-state index contributed by atoms with van der Waals surface area (Å²) in [4.78, 5) is 2.54. The standard InChI is InChI=1S/C12H24BrNO/c1-2-3-9-15-10-8-14-7-5-12(11-14)4-6-13/h12H,2-11H2,1H3. The maximum absolute atomic E-state index is 5.58. The van der Waals surface area contributed by atoms with E-state index < -0.39 is 0 Å². The SMILES string of the molecule is CCCCOCCN1CCC(CCBr)C1. The van der Waals surface area contributed by atoms with E-state index in [1.54, 1.807) is 0 Å². The summed E-state index contributed by atoms with van der Waals surface area (Å²) in [5.41, 5.74) is 0. The maximum Gasteiger partial charge on any atom is 0.0593 e. The summed E-state index contributed by atoms with van der Waals surface area (Å²) in [6.07, 6.45) is 5.14. The van der Waals surface area contributed by atoms with Crippen molar-refractivity contribution in [1.82, 2.24) is 4.90 Å². The summed E-state index contributed by atoms with van der Waals surface area (Å²) in [6, 6.07) is 0. The van der Waals surface area contributed by atoms with Crippen molar-refractivity contribution >= 4 is 15.9 Å². The molecule has 90 valence electrons. The van der Waals surface area contributed by atoms with Gasteiger partial charge in [-0.3, -0.25) is 0 Å². The van der Waals surface area contributed by atoms with Crippen LogP contribution < -0.4 is 0 Å². The highest BCUT2D eigenvalue weighted by molar-refractivity contribution is 9.09. The van der Waals surface area contributed by atoms with E-state index in [-0.39, 0.29) is 0 Å². The molecule has 0 aromatic carbocycles. The second-order valence-electron chi connectivity index (χ2n) is 4.40. The fraction of sp³-hybridized carbons (Fsp3) is 1.00. The van der Waals surface area contributed by atoms with E-state index >= 15 is 0 Å². The topological polar surface area (TPSA) is 12.5 Å². The zero-order valence-corrected chi connectivity index (χ0v) is 11.5. The predicted octanol–water partition coefficient (Wildman–Crippen LogP) is 2.91. The second kappa shape index (κ2) is 8.54. The third-order valence-corrected chi connectivity index (χ3v) is 3.54. The smallest absolute Gasteiger partial charge is 0.0593 e. The summed E-state index contributed by atoms with van der Waals surface area (Å²) < 4.78 is 5.58. The van der Waals surface area contributed by atoms with Crippen LogP contribution in [0.15, 0.2) is 0 Å². The van der Waals surface area contributed by atoms with Gasteiger partial charge in [-0.25, -0.2) is 0 Å². The summed E-state index contributed by atoms with van der Waals surface area (Å²) in [5.74, 6) is 0.917. The third kappa shape index (κ3) is 5.88. The molecule has 1 aliphatic rings. The summed E-state index contributed by atoms with van der Waals surface area (Å²) in [5, 5.41) is 1.15. The van der Waals surface area contributed by atoms with E-state index in [4.69, 9.17) is 4.74 Å². The molecule has 0 saturated carbocycles. The molecule has 3 heteroatoms. The van der Waals surface area contributed by atoms with Gasteiger partial charge in [0.25, 0.3) is 0 Å². The minimum atomic E-state index is 0.917. The van der Waals surface area contributed by atoms with E-state index in [1.807, 2.05) is 0 Å². The van der Waals surface area contributed by atoms with Crippen molar-refractivity contribution in [1.29, 1.82) is 0 Å². The van der Waals surface area contributed by atoms with Crippen molar-refractivity contribution in [3.8, 4) is 0 Å². The van der Waals surface area contributed by atoms with Crippen molar-refractivity contribution in [3.63, 3.8) is 0 Å². The number of ether oxygens (including phenoxy) is 1. The molecule has 0 amide bonds. The first-order valence-electron chi connectivity index (χ1n) is 6.23. The van der Waals surface area contributed by atoms with E-state index in [9.17, 15) is 0 Å². The number of nitrogens with zero attached hydrogens (tertiary/aromatic N) is 1. The van der Waals surface area contributed by atoms with Crippen LogP contribution in [0.1, 0.15) is 32.6 Å². The summed E-state index contributed by atoms with van der Waals surface area (Å²) in [6.45, 7) is 7.74. The molecule has 1 aliphatic heterocycles. The number of halogens is 1. The molecular formula is C12H24BrNO. The largest absolute Gasteiger partial charge is 0.380 e. The molecule has 1 atom stereocenters. The van der Waals surface area contributed by atoms with E-state index in [0.717, 1.165) is 31.0 Å². The molecule has 1 fully saturated rings. The normalized spacial score (nSPS) is 22.4. The Kier molecular flexibility index (Phi) is 7.67. The Morgan fingerprint density at radius 3 is 3.00 bits per heavy atom. The number of alkyl halides is 1. The number of likely N-dealkylation sites (tertiary alicyclic amines) is 1. The van der Waals surface area contributed by atoms with Crippen molar-refractivity contribution in [3.05, 3.63) is 0 Å². The summed E-state index contributed by atoms with van der Waals surface area (Å²) in [7, 11) is 0. The van der Waals surface area contributed by atoms with Crippen LogP contribution in [0, 0.1) is 5.92 Å². The summed E-state index contributed by atoms with van der Waals surface area (Å²) >= 11 is 3.52. The first-order chi connectivity index (χ1) is 7.36. The molecule has 0 N–H and O–H groups in total. The molecule has 15 heavy (non-hydrogen) atoms. The average molecular weight is 278 g/mol. The van der Waals surface area contributed by atoms with Gasteiger partial charge in [0.1, 0.15) is 0 Å². The van der Waals surface area contributed by atoms with Crippen LogP contribution in [0.3, 0.4) is 0 Å². The first kappa shape index (κ1) is 13.5. The highest BCUT2D eigenvalue weighted by Crippen LogP contribution is 2.19. The number of unbranched alkanes of at least 4 members (excludes halogenated alkanes) is 1. The maximum atomic E-state index is 5.58. The Morgan fingerprint density at radius 1 is 1.40 bits per heavy atom. The first-order valence-corrected chi connectivity index (χ1v) is 7.35. The lowest BCUT2D eigenvalue weighted by Crippen LogP contribution is -2.25. The van der Waals surface area contributed by atoms with Gasteiger partial charge in [0, 0.05) is 25.0 Å². The minimum Gasteiger partial charge on any atom is -0.380 e. The fourth-order valence-corrected chi connectivity index (χ4v) is 2.70.